The van der Waals surface area contributed by atoms with Gasteiger partial charge in [0, 0.05) is 45.0 Å². The molecule has 8 nitrogen and oxygen atoms in total. The van der Waals surface area contributed by atoms with Gasteiger partial charge in [-0.1, -0.05) is 11.2 Å². The van der Waals surface area contributed by atoms with Crippen LogP contribution in [0.3, 0.4) is 0 Å². The number of carbonyl (C=O) groups is 2. The number of rotatable bonds is 3. The van der Waals surface area contributed by atoms with E-state index < -0.39 is 10.9 Å². The maximum absolute atomic E-state index is 11.8. The standard InChI is InChI=1S/C14H15N3O5/c1-10(18)16-7-5-12(6-8-16)15-22-14(19)11-3-2-4-13(9-11)17(20)21/h2-4,9H,5-8H2,1H3. The van der Waals surface area contributed by atoms with Crippen LogP contribution in [0, 0.1) is 10.1 Å². The first kappa shape index (κ1) is 15.6. The van der Waals surface area contributed by atoms with Gasteiger partial charge in [0.15, 0.2) is 0 Å². The molecule has 1 aliphatic heterocycles. The monoisotopic (exact) mass is 305 g/mol. The summed E-state index contributed by atoms with van der Waals surface area (Å²) in [5, 5.41) is 14.4. The Labute approximate surface area is 126 Å². The third kappa shape index (κ3) is 3.87. The molecule has 1 aliphatic rings. The lowest BCUT2D eigenvalue weighted by molar-refractivity contribution is -0.384. The van der Waals surface area contributed by atoms with Crippen LogP contribution in [-0.4, -0.2) is 40.5 Å². The molecule has 0 atom stereocenters. The highest BCUT2D eigenvalue weighted by atomic mass is 16.7. The van der Waals surface area contributed by atoms with Crippen molar-refractivity contribution in [1.82, 2.24) is 4.90 Å². The van der Waals surface area contributed by atoms with Crippen molar-refractivity contribution in [2.24, 2.45) is 5.16 Å². The lowest BCUT2D eigenvalue weighted by Gasteiger charge is -2.25. The van der Waals surface area contributed by atoms with Gasteiger partial charge < -0.3 is 9.74 Å². The van der Waals surface area contributed by atoms with E-state index in [1.54, 1.807) is 4.90 Å². The molecule has 1 saturated heterocycles. The first-order valence-electron chi connectivity index (χ1n) is 6.74. The van der Waals surface area contributed by atoms with Crippen molar-refractivity contribution in [1.29, 1.82) is 0 Å². The van der Waals surface area contributed by atoms with Crippen molar-refractivity contribution in [2.45, 2.75) is 19.8 Å². The average Bonchev–Trinajstić information content (AvgIpc) is 2.53. The predicted octanol–water partition coefficient (Wildman–Crippen LogP) is 1.75. The molecule has 1 amide bonds. The molecule has 0 aliphatic carbocycles. The number of carbonyl (C=O) groups excluding carboxylic acids is 2. The van der Waals surface area contributed by atoms with Gasteiger partial charge in [0.05, 0.1) is 16.2 Å². The topological polar surface area (TPSA) is 102 Å². The van der Waals surface area contributed by atoms with Gasteiger partial charge in [-0.2, -0.15) is 0 Å². The Kier molecular flexibility index (Phi) is 4.82. The van der Waals surface area contributed by atoms with Crippen LogP contribution in [0.25, 0.3) is 0 Å². The molecule has 1 aromatic rings. The fourth-order valence-corrected chi connectivity index (χ4v) is 2.08. The third-order valence-corrected chi connectivity index (χ3v) is 3.34. The number of nitro benzene ring substituents is 1. The molecule has 0 aromatic heterocycles. The number of piperidine rings is 1. The molecular weight excluding hydrogens is 290 g/mol. The fraction of sp³-hybridized carbons (Fsp3) is 0.357. The number of hydrogen-bond donors (Lipinski definition) is 0. The van der Waals surface area contributed by atoms with E-state index in [0.29, 0.717) is 31.6 Å². The smallest absolute Gasteiger partial charge is 0.342 e. The summed E-state index contributed by atoms with van der Waals surface area (Å²) in [7, 11) is 0. The van der Waals surface area contributed by atoms with Crippen LogP contribution in [0.4, 0.5) is 5.69 Å². The van der Waals surface area contributed by atoms with Gasteiger partial charge in [-0.05, 0) is 6.07 Å². The maximum Gasteiger partial charge on any atom is 0.365 e. The van der Waals surface area contributed by atoms with Gasteiger partial charge in [-0.3, -0.25) is 14.9 Å². The predicted molar refractivity (Wildman–Crippen MR) is 77.4 cm³/mol. The molecule has 0 unspecified atom stereocenters. The molecule has 0 radical (unpaired) electrons. The number of nitrogens with zero attached hydrogens (tertiary/aromatic N) is 3. The highest BCUT2D eigenvalue weighted by Crippen LogP contribution is 2.14. The minimum Gasteiger partial charge on any atom is -0.342 e. The minimum absolute atomic E-state index is 0.00707. The number of non-ortho nitro benzene ring substituents is 1. The normalized spacial score (nSPS) is 14.4. The Hall–Kier alpha value is -2.77. The number of likely N-dealkylation sites (tertiary alicyclic amines) is 1. The molecule has 1 aromatic carbocycles. The number of nitro groups is 1. The summed E-state index contributed by atoms with van der Waals surface area (Å²) in [6.07, 6.45) is 1.09. The van der Waals surface area contributed by atoms with Crippen LogP contribution in [-0.2, 0) is 9.63 Å². The Morgan fingerprint density at radius 3 is 2.59 bits per heavy atom. The van der Waals surface area contributed by atoms with E-state index in [9.17, 15) is 19.7 Å². The van der Waals surface area contributed by atoms with Crippen LogP contribution in [0.5, 0.6) is 0 Å². The lowest BCUT2D eigenvalue weighted by Crippen LogP contribution is -2.37. The number of amides is 1. The first-order chi connectivity index (χ1) is 10.5. The molecule has 0 N–H and O–H groups in total. The number of oxime groups is 1. The van der Waals surface area contributed by atoms with Crippen LogP contribution in [0.15, 0.2) is 29.4 Å². The van der Waals surface area contributed by atoms with Crippen molar-refractivity contribution in [2.75, 3.05) is 13.1 Å². The van der Waals surface area contributed by atoms with Crippen LogP contribution in [0.1, 0.15) is 30.1 Å². The summed E-state index contributed by atoms with van der Waals surface area (Å²) < 4.78 is 0. The van der Waals surface area contributed by atoms with Crippen molar-refractivity contribution < 1.29 is 19.3 Å². The summed E-state index contributed by atoms with van der Waals surface area (Å²) in [6, 6.07) is 5.27. The lowest BCUT2D eigenvalue weighted by atomic mass is 10.1. The van der Waals surface area contributed by atoms with E-state index in [-0.39, 0.29) is 17.2 Å². The van der Waals surface area contributed by atoms with E-state index >= 15 is 0 Å². The molecule has 0 bridgehead atoms. The van der Waals surface area contributed by atoms with E-state index in [2.05, 4.69) is 5.16 Å². The van der Waals surface area contributed by atoms with Gasteiger partial charge in [-0.15, -0.1) is 0 Å². The second kappa shape index (κ2) is 6.79. The van der Waals surface area contributed by atoms with E-state index in [0.717, 1.165) is 6.07 Å². The summed E-state index contributed by atoms with van der Waals surface area (Å²) in [4.78, 5) is 39.6. The maximum atomic E-state index is 11.8. The first-order valence-corrected chi connectivity index (χ1v) is 6.74. The molecule has 1 fully saturated rings. The van der Waals surface area contributed by atoms with Crippen LogP contribution in [0.2, 0.25) is 0 Å². The van der Waals surface area contributed by atoms with Crippen LogP contribution >= 0.6 is 0 Å². The zero-order valence-corrected chi connectivity index (χ0v) is 12.0. The number of benzene rings is 1. The van der Waals surface area contributed by atoms with Gasteiger partial charge in [0.2, 0.25) is 5.91 Å². The van der Waals surface area contributed by atoms with E-state index in [1.807, 2.05) is 0 Å². The molecule has 0 spiro atoms. The van der Waals surface area contributed by atoms with Gasteiger partial charge in [0.1, 0.15) is 0 Å². The van der Waals surface area contributed by atoms with E-state index in [4.69, 9.17) is 4.84 Å². The zero-order chi connectivity index (χ0) is 16.1. The Morgan fingerprint density at radius 1 is 1.32 bits per heavy atom. The molecule has 1 heterocycles. The van der Waals surface area contributed by atoms with Gasteiger partial charge in [0.25, 0.3) is 5.69 Å². The quantitative estimate of drug-likeness (QED) is 0.481. The SMILES string of the molecule is CC(=O)N1CCC(=NOC(=O)c2cccc([N+](=O)[O-])c2)CC1. The number of hydrogen-bond acceptors (Lipinski definition) is 6. The second-order valence-electron chi connectivity index (χ2n) is 4.85. The zero-order valence-electron chi connectivity index (χ0n) is 12.0. The Morgan fingerprint density at radius 2 is 2.00 bits per heavy atom. The summed E-state index contributed by atoms with van der Waals surface area (Å²) >= 11 is 0. The molecule has 0 saturated carbocycles. The highest BCUT2D eigenvalue weighted by molar-refractivity contribution is 5.92. The largest absolute Gasteiger partial charge is 0.365 e. The second-order valence-corrected chi connectivity index (χ2v) is 4.85. The molecule has 22 heavy (non-hydrogen) atoms. The van der Waals surface area contributed by atoms with Crippen molar-refractivity contribution in [3.8, 4) is 0 Å². The van der Waals surface area contributed by atoms with E-state index in [1.165, 1.54) is 25.1 Å². The van der Waals surface area contributed by atoms with Crippen LogP contribution < -0.4 is 0 Å². The molecule has 2 rings (SSSR count). The average molecular weight is 305 g/mol. The fourth-order valence-electron chi connectivity index (χ4n) is 2.08. The third-order valence-electron chi connectivity index (χ3n) is 3.34. The van der Waals surface area contributed by atoms with Gasteiger partial charge in [-0.25, -0.2) is 4.79 Å². The molecular formula is C14H15N3O5. The Balaban J connectivity index is 1.96. The molecule has 116 valence electrons. The summed E-state index contributed by atoms with van der Waals surface area (Å²) in [5.41, 5.74) is 0.577. The van der Waals surface area contributed by atoms with Crippen molar-refractivity contribution in [3.05, 3.63) is 39.9 Å². The van der Waals surface area contributed by atoms with Crippen molar-refractivity contribution >= 4 is 23.3 Å². The summed E-state index contributed by atoms with van der Waals surface area (Å²) in [6.45, 7) is 2.59. The minimum atomic E-state index is -0.745. The van der Waals surface area contributed by atoms with Crippen molar-refractivity contribution in [3.63, 3.8) is 0 Å². The molecule has 8 heteroatoms. The Bertz CT molecular complexity index is 631. The summed E-state index contributed by atoms with van der Waals surface area (Å²) in [5.74, 6) is -0.738. The highest BCUT2D eigenvalue weighted by Gasteiger charge is 2.18. The van der Waals surface area contributed by atoms with Gasteiger partial charge >= 0.3 is 5.97 Å².